The van der Waals surface area contributed by atoms with Gasteiger partial charge in [0.05, 0.1) is 25.4 Å². The smallest absolute Gasteiger partial charge is 0.326 e. The van der Waals surface area contributed by atoms with Gasteiger partial charge >= 0.3 is 11.9 Å². The Morgan fingerprint density at radius 3 is 2.06 bits per heavy atom. The summed E-state index contributed by atoms with van der Waals surface area (Å²) < 4.78 is 0. The lowest BCUT2D eigenvalue weighted by molar-refractivity contribution is -0.142. The third kappa shape index (κ3) is 9.65. The molecule has 1 heterocycles. The number of carboxylic acid groups (broad SMARTS) is 2. The van der Waals surface area contributed by atoms with Gasteiger partial charge in [-0.1, -0.05) is 13.8 Å². The zero-order valence-electron chi connectivity index (χ0n) is 18.3. The number of aromatic nitrogens is 2. The van der Waals surface area contributed by atoms with Gasteiger partial charge in [0.1, 0.15) is 18.1 Å². The van der Waals surface area contributed by atoms with Crippen molar-refractivity contribution < 1.29 is 39.3 Å². The molecule has 3 amide bonds. The van der Waals surface area contributed by atoms with Gasteiger partial charge in [-0.25, -0.2) is 9.78 Å². The van der Waals surface area contributed by atoms with Crippen molar-refractivity contribution in [3.05, 3.63) is 18.2 Å². The van der Waals surface area contributed by atoms with Crippen LogP contribution in [-0.2, 0) is 30.4 Å². The summed E-state index contributed by atoms with van der Waals surface area (Å²) in [7, 11) is 0. The van der Waals surface area contributed by atoms with E-state index >= 15 is 0 Å². The zero-order chi connectivity index (χ0) is 25.1. The van der Waals surface area contributed by atoms with Gasteiger partial charge in [0.25, 0.3) is 0 Å². The van der Waals surface area contributed by atoms with Crippen LogP contribution in [0.3, 0.4) is 0 Å². The molecule has 9 N–H and O–H groups in total. The maximum absolute atomic E-state index is 12.8. The van der Waals surface area contributed by atoms with Crippen LogP contribution in [0.15, 0.2) is 12.5 Å². The van der Waals surface area contributed by atoms with Gasteiger partial charge in [0, 0.05) is 18.3 Å². The fourth-order valence-corrected chi connectivity index (χ4v) is 2.82. The van der Waals surface area contributed by atoms with E-state index in [0.717, 1.165) is 0 Å². The molecule has 14 nitrogen and oxygen atoms in total. The molecule has 184 valence electrons. The molecule has 0 aliphatic heterocycles. The molecular weight excluding hydrogens is 440 g/mol. The van der Waals surface area contributed by atoms with Gasteiger partial charge in [-0.2, -0.15) is 0 Å². The van der Waals surface area contributed by atoms with Gasteiger partial charge in [-0.15, -0.1) is 0 Å². The molecule has 0 bridgehead atoms. The van der Waals surface area contributed by atoms with Gasteiger partial charge in [-0.3, -0.25) is 19.2 Å². The number of nitrogens with two attached hydrogens (primary N) is 1. The first-order valence-corrected chi connectivity index (χ1v) is 10.1. The molecule has 0 saturated carbocycles. The molecule has 0 saturated heterocycles. The third-order valence-electron chi connectivity index (χ3n) is 4.48. The minimum Gasteiger partial charge on any atom is -0.481 e. The molecule has 33 heavy (non-hydrogen) atoms. The van der Waals surface area contributed by atoms with Crippen molar-refractivity contribution in [2.24, 2.45) is 11.7 Å². The highest BCUT2D eigenvalue weighted by molar-refractivity contribution is 5.94. The molecule has 0 spiro atoms. The van der Waals surface area contributed by atoms with Crippen molar-refractivity contribution in [3.8, 4) is 0 Å². The number of aliphatic carboxylic acids is 2. The number of hydrogen-bond donors (Lipinski definition) is 8. The maximum Gasteiger partial charge on any atom is 0.326 e. The standard InChI is InChI=1S/C19H30N6O8/c1-9(2)3-13(19(32)33)24-17(30)12(4-10-6-21-8-22-10)23-18(31)14(7-26)25-16(29)11(20)5-15(27)28/h6,8-9,11-14,26H,3-5,7,20H2,1-2H3,(H,21,22)(H,23,31)(H,24,30)(H,25,29)(H,27,28)(H,32,33). The second kappa shape index (κ2) is 13.1. The quantitative estimate of drug-likeness (QED) is 0.140. The minimum atomic E-state index is -1.53. The Hall–Kier alpha value is -3.52. The summed E-state index contributed by atoms with van der Waals surface area (Å²) in [5.74, 6) is -5.33. The van der Waals surface area contributed by atoms with Crippen LogP contribution in [0.1, 0.15) is 32.4 Å². The number of amides is 3. The average Bonchev–Trinajstić information content (AvgIpc) is 3.22. The first-order chi connectivity index (χ1) is 15.4. The number of aliphatic hydroxyl groups excluding tert-OH is 1. The van der Waals surface area contributed by atoms with E-state index in [1.54, 1.807) is 13.8 Å². The first-order valence-electron chi connectivity index (χ1n) is 10.1. The van der Waals surface area contributed by atoms with Crippen molar-refractivity contribution in [1.82, 2.24) is 25.9 Å². The molecule has 4 unspecified atom stereocenters. The number of hydrogen-bond acceptors (Lipinski definition) is 8. The number of carbonyl (C=O) groups excluding carboxylic acids is 3. The SMILES string of the molecule is CC(C)CC(NC(=O)C(Cc1cnc[nH]1)NC(=O)C(CO)NC(=O)C(N)CC(=O)O)C(=O)O. The highest BCUT2D eigenvalue weighted by Crippen LogP contribution is 2.07. The summed E-state index contributed by atoms with van der Waals surface area (Å²) in [4.78, 5) is 66.2. The number of rotatable bonds is 14. The van der Waals surface area contributed by atoms with Crippen LogP contribution in [0.2, 0.25) is 0 Å². The number of aromatic amines is 1. The van der Waals surface area contributed by atoms with Crippen molar-refractivity contribution in [1.29, 1.82) is 0 Å². The minimum absolute atomic E-state index is 0.0314. The van der Waals surface area contributed by atoms with Gasteiger partial charge in [0.2, 0.25) is 17.7 Å². The van der Waals surface area contributed by atoms with Crippen molar-refractivity contribution in [2.75, 3.05) is 6.61 Å². The van der Waals surface area contributed by atoms with Crippen LogP contribution in [0.4, 0.5) is 0 Å². The second-order valence-electron chi connectivity index (χ2n) is 7.82. The van der Waals surface area contributed by atoms with E-state index in [9.17, 15) is 34.2 Å². The fraction of sp³-hybridized carbons (Fsp3) is 0.579. The van der Waals surface area contributed by atoms with Crippen LogP contribution in [0.25, 0.3) is 0 Å². The number of nitrogens with one attached hydrogen (secondary N) is 4. The van der Waals surface area contributed by atoms with E-state index in [1.807, 2.05) is 0 Å². The molecule has 4 atom stereocenters. The van der Waals surface area contributed by atoms with Crippen LogP contribution < -0.4 is 21.7 Å². The largest absolute Gasteiger partial charge is 0.481 e. The fourth-order valence-electron chi connectivity index (χ4n) is 2.82. The number of imidazole rings is 1. The normalized spacial score (nSPS) is 14.6. The Morgan fingerprint density at radius 1 is 1.00 bits per heavy atom. The molecule has 14 heteroatoms. The molecule has 0 aliphatic carbocycles. The predicted octanol–water partition coefficient (Wildman–Crippen LogP) is -2.67. The highest BCUT2D eigenvalue weighted by Gasteiger charge is 2.31. The van der Waals surface area contributed by atoms with Gasteiger partial charge < -0.3 is 42.0 Å². The molecule has 0 radical (unpaired) electrons. The molecular formula is C19H30N6O8. The van der Waals surface area contributed by atoms with Crippen LogP contribution in [0, 0.1) is 5.92 Å². The summed E-state index contributed by atoms with van der Waals surface area (Å²) in [6, 6.07) is -5.45. The van der Waals surface area contributed by atoms with Gasteiger partial charge in [0.15, 0.2) is 0 Å². The van der Waals surface area contributed by atoms with Crippen molar-refractivity contribution in [2.45, 2.75) is 57.3 Å². The number of carboxylic acids is 2. The van der Waals surface area contributed by atoms with Gasteiger partial charge in [-0.05, 0) is 12.3 Å². The van der Waals surface area contributed by atoms with E-state index in [-0.39, 0.29) is 18.8 Å². The molecule has 1 aromatic rings. The number of carbonyl (C=O) groups is 5. The summed E-state index contributed by atoms with van der Waals surface area (Å²) in [6.45, 7) is 2.71. The lowest BCUT2D eigenvalue weighted by atomic mass is 10.0. The Morgan fingerprint density at radius 2 is 1.58 bits per heavy atom. The van der Waals surface area contributed by atoms with E-state index < -0.39 is 66.9 Å². The van der Waals surface area contributed by atoms with E-state index in [4.69, 9.17) is 10.8 Å². The van der Waals surface area contributed by atoms with Crippen molar-refractivity contribution in [3.63, 3.8) is 0 Å². The topological polar surface area (TPSA) is 237 Å². The number of H-pyrrole nitrogens is 1. The van der Waals surface area contributed by atoms with Crippen LogP contribution in [-0.4, -0.2) is 85.7 Å². The molecule has 1 aromatic heterocycles. The molecule has 0 fully saturated rings. The predicted molar refractivity (Wildman–Crippen MR) is 112 cm³/mol. The summed E-state index contributed by atoms with van der Waals surface area (Å²) in [6.07, 6.45) is 2.14. The van der Waals surface area contributed by atoms with Crippen LogP contribution >= 0.6 is 0 Å². The molecule has 0 aromatic carbocycles. The van der Waals surface area contributed by atoms with E-state index in [0.29, 0.717) is 5.69 Å². The Kier molecular flexibility index (Phi) is 10.9. The monoisotopic (exact) mass is 470 g/mol. The van der Waals surface area contributed by atoms with E-state index in [2.05, 4.69) is 25.9 Å². The Labute approximate surface area is 189 Å². The Balaban J connectivity index is 2.95. The number of aliphatic hydroxyl groups is 1. The van der Waals surface area contributed by atoms with Crippen molar-refractivity contribution >= 4 is 29.7 Å². The third-order valence-corrected chi connectivity index (χ3v) is 4.48. The zero-order valence-corrected chi connectivity index (χ0v) is 18.3. The highest BCUT2D eigenvalue weighted by atomic mass is 16.4. The maximum atomic E-state index is 12.8. The molecule has 0 aliphatic rings. The summed E-state index contributed by atoms with van der Waals surface area (Å²) in [5, 5.41) is 34.5. The average molecular weight is 470 g/mol. The first kappa shape index (κ1) is 27.5. The Bertz CT molecular complexity index is 828. The summed E-state index contributed by atoms with van der Waals surface area (Å²) in [5.41, 5.74) is 5.90. The van der Waals surface area contributed by atoms with E-state index in [1.165, 1.54) is 12.5 Å². The molecule has 1 rings (SSSR count). The lowest BCUT2D eigenvalue weighted by Crippen LogP contribution is -2.58. The van der Waals surface area contributed by atoms with Crippen LogP contribution in [0.5, 0.6) is 0 Å². The second-order valence-corrected chi connectivity index (χ2v) is 7.82. The lowest BCUT2D eigenvalue weighted by Gasteiger charge is -2.24. The number of nitrogens with zero attached hydrogens (tertiary/aromatic N) is 1. The summed E-state index contributed by atoms with van der Waals surface area (Å²) >= 11 is 0.